The molecule has 2 N–H and O–H groups in total. The monoisotopic (exact) mass is 214 g/mol. The van der Waals surface area contributed by atoms with E-state index in [0.29, 0.717) is 6.04 Å². The van der Waals surface area contributed by atoms with Gasteiger partial charge in [0.2, 0.25) is 0 Å². The number of fused-ring (bicyclic) bond motifs is 1. The number of benzene rings is 1. The van der Waals surface area contributed by atoms with Gasteiger partial charge in [-0.1, -0.05) is 12.1 Å². The van der Waals surface area contributed by atoms with Gasteiger partial charge in [0, 0.05) is 25.4 Å². The van der Waals surface area contributed by atoms with Crippen molar-refractivity contribution in [3.05, 3.63) is 42.2 Å². The van der Waals surface area contributed by atoms with Crippen LogP contribution in [0.25, 0.3) is 0 Å². The third-order valence-corrected chi connectivity index (χ3v) is 2.88. The molecule has 0 bridgehead atoms. The Morgan fingerprint density at radius 1 is 1.31 bits per heavy atom. The number of nitrogens with one attached hydrogen (secondary N) is 2. The zero-order valence-corrected chi connectivity index (χ0v) is 9.14. The molecule has 1 aromatic carbocycles. The van der Waals surface area contributed by atoms with E-state index in [1.54, 1.807) is 0 Å². The number of para-hydroxylation sites is 2. The van der Waals surface area contributed by atoms with E-state index in [1.807, 2.05) is 36.3 Å². The Bertz CT molecular complexity index is 503. The molecule has 82 valence electrons. The fraction of sp³-hybridized carbons (Fsp3) is 0.250. The second kappa shape index (κ2) is 3.56. The van der Waals surface area contributed by atoms with Crippen molar-refractivity contribution >= 4 is 11.4 Å². The maximum Gasteiger partial charge on any atom is 0.0717 e. The molecular weight excluding hydrogens is 200 g/mol. The van der Waals surface area contributed by atoms with Crippen molar-refractivity contribution < 1.29 is 0 Å². The largest absolute Gasteiger partial charge is 0.381 e. The van der Waals surface area contributed by atoms with E-state index in [-0.39, 0.29) is 0 Å². The van der Waals surface area contributed by atoms with E-state index in [9.17, 15) is 0 Å². The molecular formula is C12H14N4. The van der Waals surface area contributed by atoms with Gasteiger partial charge in [-0.2, -0.15) is 5.10 Å². The predicted octanol–water partition coefficient (Wildman–Crippen LogP) is 2.00. The van der Waals surface area contributed by atoms with Crippen molar-refractivity contribution in [2.75, 3.05) is 17.2 Å². The maximum absolute atomic E-state index is 4.20. The Morgan fingerprint density at radius 3 is 2.88 bits per heavy atom. The van der Waals surface area contributed by atoms with Gasteiger partial charge >= 0.3 is 0 Å². The average molecular weight is 214 g/mol. The minimum atomic E-state index is 0.295. The number of hydrogen-bond donors (Lipinski definition) is 2. The maximum atomic E-state index is 4.20. The van der Waals surface area contributed by atoms with Gasteiger partial charge in [0.25, 0.3) is 0 Å². The van der Waals surface area contributed by atoms with Crippen molar-refractivity contribution in [3.8, 4) is 0 Å². The topological polar surface area (TPSA) is 41.9 Å². The molecule has 2 heterocycles. The van der Waals surface area contributed by atoms with Crippen molar-refractivity contribution in [2.45, 2.75) is 6.04 Å². The quantitative estimate of drug-likeness (QED) is 0.763. The smallest absolute Gasteiger partial charge is 0.0717 e. The van der Waals surface area contributed by atoms with Gasteiger partial charge in [-0.25, -0.2) is 0 Å². The number of hydrogen-bond acceptors (Lipinski definition) is 3. The summed E-state index contributed by atoms with van der Waals surface area (Å²) < 4.78 is 1.83. The molecule has 0 radical (unpaired) electrons. The van der Waals surface area contributed by atoms with E-state index in [4.69, 9.17) is 0 Å². The summed E-state index contributed by atoms with van der Waals surface area (Å²) in [6, 6.07) is 8.55. The van der Waals surface area contributed by atoms with Crippen LogP contribution in [-0.4, -0.2) is 16.3 Å². The second-order valence-corrected chi connectivity index (χ2v) is 4.07. The number of rotatable bonds is 1. The van der Waals surface area contributed by atoms with Gasteiger partial charge in [-0.05, 0) is 12.1 Å². The SMILES string of the molecule is Cn1cc(C2CNc3ccccc3N2)cn1. The van der Waals surface area contributed by atoms with E-state index in [2.05, 4.69) is 27.9 Å². The summed E-state index contributed by atoms with van der Waals surface area (Å²) in [5, 5.41) is 11.1. The third-order valence-electron chi connectivity index (χ3n) is 2.88. The predicted molar refractivity (Wildman–Crippen MR) is 64.5 cm³/mol. The van der Waals surface area contributed by atoms with Crippen LogP contribution in [0.3, 0.4) is 0 Å². The van der Waals surface area contributed by atoms with Crippen LogP contribution in [0.2, 0.25) is 0 Å². The van der Waals surface area contributed by atoms with Crippen molar-refractivity contribution in [1.82, 2.24) is 9.78 Å². The lowest BCUT2D eigenvalue weighted by molar-refractivity contribution is 0.761. The first kappa shape index (κ1) is 9.27. The lowest BCUT2D eigenvalue weighted by atomic mass is 10.1. The molecule has 4 nitrogen and oxygen atoms in total. The highest BCUT2D eigenvalue weighted by atomic mass is 15.2. The number of nitrogens with zero attached hydrogens (tertiary/aromatic N) is 2. The van der Waals surface area contributed by atoms with Gasteiger partial charge in [0.15, 0.2) is 0 Å². The minimum absolute atomic E-state index is 0.295. The summed E-state index contributed by atoms with van der Waals surface area (Å²) in [6.45, 7) is 0.892. The van der Waals surface area contributed by atoms with E-state index < -0.39 is 0 Å². The molecule has 16 heavy (non-hydrogen) atoms. The van der Waals surface area contributed by atoms with Gasteiger partial charge in [-0.15, -0.1) is 0 Å². The summed E-state index contributed by atoms with van der Waals surface area (Å²) in [5.41, 5.74) is 3.54. The van der Waals surface area contributed by atoms with Crippen molar-refractivity contribution in [1.29, 1.82) is 0 Å². The molecule has 0 amide bonds. The Hall–Kier alpha value is -1.97. The fourth-order valence-corrected chi connectivity index (χ4v) is 2.04. The van der Waals surface area contributed by atoms with Gasteiger partial charge < -0.3 is 10.6 Å². The molecule has 0 aliphatic carbocycles. The first-order chi connectivity index (χ1) is 7.83. The number of anilines is 2. The highest BCUT2D eigenvalue weighted by Crippen LogP contribution is 2.30. The molecule has 4 heteroatoms. The fourth-order valence-electron chi connectivity index (χ4n) is 2.04. The van der Waals surface area contributed by atoms with Gasteiger partial charge in [-0.3, -0.25) is 4.68 Å². The van der Waals surface area contributed by atoms with Crippen LogP contribution in [-0.2, 0) is 7.05 Å². The summed E-state index contributed by atoms with van der Waals surface area (Å²) in [5.74, 6) is 0. The van der Waals surface area contributed by atoms with E-state index in [0.717, 1.165) is 12.2 Å². The average Bonchev–Trinajstić information content (AvgIpc) is 2.75. The third kappa shape index (κ3) is 1.52. The Kier molecular flexibility index (Phi) is 2.06. The molecule has 1 aliphatic heterocycles. The van der Waals surface area contributed by atoms with Crippen LogP contribution < -0.4 is 10.6 Å². The Balaban J connectivity index is 1.88. The van der Waals surface area contributed by atoms with Crippen LogP contribution in [0.5, 0.6) is 0 Å². The van der Waals surface area contributed by atoms with Crippen LogP contribution in [0.4, 0.5) is 11.4 Å². The van der Waals surface area contributed by atoms with Crippen LogP contribution >= 0.6 is 0 Å². The first-order valence-corrected chi connectivity index (χ1v) is 5.41. The van der Waals surface area contributed by atoms with Crippen LogP contribution in [0.1, 0.15) is 11.6 Å². The van der Waals surface area contributed by atoms with Crippen molar-refractivity contribution in [2.24, 2.45) is 7.05 Å². The van der Waals surface area contributed by atoms with Crippen LogP contribution in [0, 0.1) is 0 Å². The molecule has 1 aromatic heterocycles. The molecule has 3 rings (SSSR count). The second-order valence-electron chi connectivity index (χ2n) is 4.07. The van der Waals surface area contributed by atoms with E-state index >= 15 is 0 Å². The Morgan fingerprint density at radius 2 is 2.12 bits per heavy atom. The summed E-state index contributed by atoms with van der Waals surface area (Å²) in [4.78, 5) is 0. The lowest BCUT2D eigenvalue weighted by Crippen LogP contribution is -2.25. The lowest BCUT2D eigenvalue weighted by Gasteiger charge is -2.27. The summed E-state index contributed by atoms with van der Waals surface area (Å²) in [7, 11) is 1.94. The molecule has 0 spiro atoms. The first-order valence-electron chi connectivity index (χ1n) is 5.41. The molecule has 1 unspecified atom stereocenters. The highest BCUT2D eigenvalue weighted by molar-refractivity contribution is 5.71. The molecule has 2 aromatic rings. The molecule has 1 aliphatic rings. The molecule has 0 saturated carbocycles. The Labute approximate surface area is 94.3 Å². The van der Waals surface area contributed by atoms with Gasteiger partial charge in [0.05, 0.1) is 23.6 Å². The highest BCUT2D eigenvalue weighted by Gasteiger charge is 2.18. The zero-order valence-electron chi connectivity index (χ0n) is 9.14. The summed E-state index contributed by atoms with van der Waals surface area (Å²) in [6.07, 6.45) is 3.96. The molecule has 0 fully saturated rings. The van der Waals surface area contributed by atoms with Gasteiger partial charge in [0.1, 0.15) is 0 Å². The number of aromatic nitrogens is 2. The zero-order chi connectivity index (χ0) is 11.0. The molecule has 0 saturated heterocycles. The van der Waals surface area contributed by atoms with Crippen molar-refractivity contribution in [3.63, 3.8) is 0 Å². The summed E-state index contributed by atoms with van der Waals surface area (Å²) >= 11 is 0. The minimum Gasteiger partial charge on any atom is -0.381 e. The van der Waals surface area contributed by atoms with E-state index in [1.165, 1.54) is 11.3 Å². The normalized spacial score (nSPS) is 18.4. The van der Waals surface area contributed by atoms with Crippen LogP contribution in [0.15, 0.2) is 36.7 Å². The standard InChI is InChI=1S/C12H14N4/c1-16-8-9(6-14-16)12-7-13-10-4-2-3-5-11(10)15-12/h2-6,8,12-13,15H,7H2,1H3. The molecule has 1 atom stereocenters. The number of aryl methyl sites for hydroxylation is 1.